The minimum atomic E-state index is -0.627. The molecule has 1 aromatic heterocycles. The molecule has 0 radical (unpaired) electrons. The third-order valence-corrected chi connectivity index (χ3v) is 4.03. The van der Waals surface area contributed by atoms with Gasteiger partial charge in [-0.1, -0.05) is 29.3 Å². The Balaban J connectivity index is 1.60. The Morgan fingerprint density at radius 1 is 1.16 bits per heavy atom. The molecule has 4 nitrogen and oxygen atoms in total. The number of esters is 1. The maximum Gasteiger partial charge on any atom is 0.310 e. The Kier molecular flexibility index (Phi) is 5.36. The van der Waals surface area contributed by atoms with Crippen LogP contribution in [0.1, 0.15) is 11.5 Å². The summed E-state index contributed by atoms with van der Waals surface area (Å²) in [6.07, 6.45) is 1.26. The van der Waals surface area contributed by atoms with E-state index in [-0.39, 0.29) is 29.5 Å². The van der Waals surface area contributed by atoms with Gasteiger partial charge in [0.25, 0.3) is 0 Å². The van der Waals surface area contributed by atoms with E-state index in [1.807, 2.05) is 0 Å². The van der Waals surface area contributed by atoms with Crippen LogP contribution in [0.4, 0.5) is 4.39 Å². The first-order valence-electron chi connectivity index (χ1n) is 7.32. The summed E-state index contributed by atoms with van der Waals surface area (Å²) >= 11 is 11.7. The summed E-state index contributed by atoms with van der Waals surface area (Å²) in [5.41, 5.74) is 0.899. The van der Waals surface area contributed by atoms with Crippen molar-refractivity contribution in [3.63, 3.8) is 0 Å². The first kappa shape index (κ1) is 17.5. The molecule has 7 heteroatoms. The molecular weight excluding hydrogens is 368 g/mol. The highest BCUT2D eigenvalue weighted by Gasteiger charge is 2.14. The smallest absolute Gasteiger partial charge is 0.310 e. The van der Waals surface area contributed by atoms with Crippen molar-refractivity contribution >= 4 is 29.2 Å². The highest BCUT2D eigenvalue weighted by Crippen LogP contribution is 2.23. The minimum absolute atomic E-state index is 0.100. The molecule has 1 heterocycles. The molecule has 128 valence electrons. The number of oxazole rings is 1. The number of hydrogen-bond acceptors (Lipinski definition) is 4. The molecule has 0 bridgehead atoms. The van der Waals surface area contributed by atoms with Gasteiger partial charge in [0.2, 0.25) is 5.89 Å². The zero-order chi connectivity index (χ0) is 17.8. The van der Waals surface area contributed by atoms with Crippen LogP contribution in [0.25, 0.3) is 11.3 Å². The highest BCUT2D eigenvalue weighted by molar-refractivity contribution is 6.31. The normalized spacial score (nSPS) is 10.7. The average Bonchev–Trinajstić information content (AvgIpc) is 3.06. The molecule has 3 aromatic rings. The van der Waals surface area contributed by atoms with Crippen LogP contribution in [0.3, 0.4) is 0 Å². The predicted octanol–water partition coefficient (Wildman–Crippen LogP) is 5.07. The lowest BCUT2D eigenvalue weighted by Gasteiger charge is -2.05. The quantitative estimate of drug-likeness (QED) is 0.580. The molecule has 25 heavy (non-hydrogen) atoms. The Labute approximate surface area is 153 Å². The van der Waals surface area contributed by atoms with Gasteiger partial charge in [-0.05, 0) is 36.4 Å². The number of rotatable bonds is 5. The number of nitrogens with zero attached hydrogens (tertiary/aromatic N) is 1. The molecule has 0 amide bonds. The molecule has 0 atom stereocenters. The SMILES string of the molecule is O=C(Cc1c(F)cccc1Cl)OCc1ncc(-c2ccc(Cl)cc2)o1. The van der Waals surface area contributed by atoms with E-state index >= 15 is 0 Å². The molecule has 0 aliphatic rings. The Morgan fingerprint density at radius 2 is 1.92 bits per heavy atom. The van der Waals surface area contributed by atoms with Crippen molar-refractivity contribution in [1.29, 1.82) is 0 Å². The van der Waals surface area contributed by atoms with Crippen molar-refractivity contribution in [1.82, 2.24) is 4.98 Å². The van der Waals surface area contributed by atoms with Gasteiger partial charge >= 0.3 is 5.97 Å². The Bertz CT molecular complexity index is 873. The number of hydrogen-bond donors (Lipinski definition) is 0. The topological polar surface area (TPSA) is 52.3 Å². The van der Waals surface area contributed by atoms with Crippen LogP contribution in [-0.2, 0) is 22.6 Å². The van der Waals surface area contributed by atoms with Gasteiger partial charge in [-0.3, -0.25) is 4.79 Å². The number of halogens is 3. The molecule has 0 spiro atoms. The van der Waals surface area contributed by atoms with Crippen molar-refractivity contribution in [3.05, 3.63) is 76.0 Å². The van der Waals surface area contributed by atoms with E-state index in [1.165, 1.54) is 24.4 Å². The van der Waals surface area contributed by atoms with E-state index in [1.54, 1.807) is 24.3 Å². The summed E-state index contributed by atoms with van der Waals surface area (Å²) in [7, 11) is 0. The van der Waals surface area contributed by atoms with E-state index < -0.39 is 11.8 Å². The third-order valence-electron chi connectivity index (χ3n) is 3.42. The third kappa shape index (κ3) is 4.38. The van der Waals surface area contributed by atoms with E-state index in [0.29, 0.717) is 10.8 Å². The van der Waals surface area contributed by atoms with Gasteiger partial charge in [0.05, 0.1) is 12.6 Å². The fourth-order valence-electron chi connectivity index (χ4n) is 2.16. The molecule has 0 N–H and O–H groups in total. The maximum atomic E-state index is 13.7. The van der Waals surface area contributed by atoms with E-state index in [9.17, 15) is 9.18 Å². The number of benzene rings is 2. The summed E-state index contributed by atoms with van der Waals surface area (Å²) in [4.78, 5) is 15.9. The van der Waals surface area contributed by atoms with Crippen molar-refractivity contribution in [2.24, 2.45) is 0 Å². The lowest BCUT2D eigenvalue weighted by molar-refractivity contribution is -0.144. The molecule has 0 saturated carbocycles. The highest BCUT2D eigenvalue weighted by atomic mass is 35.5. The molecule has 0 fully saturated rings. The predicted molar refractivity (Wildman–Crippen MR) is 91.9 cm³/mol. The number of aromatic nitrogens is 1. The van der Waals surface area contributed by atoms with Crippen LogP contribution in [0, 0.1) is 5.82 Å². The van der Waals surface area contributed by atoms with Gasteiger partial charge in [0.1, 0.15) is 5.82 Å². The van der Waals surface area contributed by atoms with E-state index in [0.717, 1.165) is 5.56 Å². The van der Waals surface area contributed by atoms with Crippen molar-refractivity contribution in [3.8, 4) is 11.3 Å². The first-order chi connectivity index (χ1) is 12.0. The molecule has 0 aliphatic carbocycles. The lowest BCUT2D eigenvalue weighted by Crippen LogP contribution is -2.09. The van der Waals surface area contributed by atoms with Crippen molar-refractivity contribution in [2.75, 3.05) is 0 Å². The summed E-state index contributed by atoms with van der Waals surface area (Å²) < 4.78 is 24.3. The first-order valence-corrected chi connectivity index (χ1v) is 8.07. The fraction of sp³-hybridized carbons (Fsp3) is 0.111. The zero-order valence-corrected chi connectivity index (χ0v) is 14.4. The van der Waals surface area contributed by atoms with Crippen LogP contribution in [0.5, 0.6) is 0 Å². The van der Waals surface area contributed by atoms with Gasteiger partial charge in [-0.2, -0.15) is 0 Å². The van der Waals surface area contributed by atoms with Gasteiger partial charge < -0.3 is 9.15 Å². The summed E-state index contributed by atoms with van der Waals surface area (Å²) in [6, 6.07) is 11.3. The molecule has 3 rings (SSSR count). The largest absolute Gasteiger partial charge is 0.455 e. The maximum absolute atomic E-state index is 13.7. The van der Waals surface area contributed by atoms with Crippen LogP contribution >= 0.6 is 23.2 Å². The zero-order valence-electron chi connectivity index (χ0n) is 12.8. The van der Waals surface area contributed by atoms with Gasteiger partial charge in [-0.25, -0.2) is 9.37 Å². The second-order valence-electron chi connectivity index (χ2n) is 5.16. The molecule has 2 aromatic carbocycles. The minimum Gasteiger partial charge on any atom is -0.455 e. The fourth-order valence-corrected chi connectivity index (χ4v) is 2.52. The second kappa shape index (κ2) is 7.68. The van der Waals surface area contributed by atoms with Gasteiger partial charge in [0, 0.05) is 21.2 Å². The van der Waals surface area contributed by atoms with Crippen LogP contribution in [-0.4, -0.2) is 11.0 Å². The van der Waals surface area contributed by atoms with E-state index in [2.05, 4.69) is 4.98 Å². The summed E-state index contributed by atoms with van der Waals surface area (Å²) in [5.74, 6) is -0.415. The van der Waals surface area contributed by atoms with Crippen LogP contribution in [0.2, 0.25) is 10.0 Å². The molecule has 0 saturated heterocycles. The Hall–Kier alpha value is -2.37. The van der Waals surface area contributed by atoms with Gasteiger partial charge in [-0.15, -0.1) is 0 Å². The van der Waals surface area contributed by atoms with E-state index in [4.69, 9.17) is 32.4 Å². The number of carbonyl (C=O) groups excluding carboxylic acids is 1. The number of carbonyl (C=O) groups is 1. The Morgan fingerprint density at radius 3 is 2.64 bits per heavy atom. The van der Waals surface area contributed by atoms with Crippen molar-refractivity contribution < 1.29 is 18.3 Å². The summed E-state index contributed by atoms with van der Waals surface area (Å²) in [6.45, 7) is -0.154. The number of ether oxygens (including phenoxy) is 1. The van der Waals surface area contributed by atoms with Crippen LogP contribution < -0.4 is 0 Å². The van der Waals surface area contributed by atoms with Gasteiger partial charge in [0.15, 0.2) is 12.4 Å². The molecule has 0 unspecified atom stereocenters. The summed E-state index contributed by atoms with van der Waals surface area (Å²) in [5, 5.41) is 0.794. The second-order valence-corrected chi connectivity index (χ2v) is 6.01. The van der Waals surface area contributed by atoms with Crippen LogP contribution in [0.15, 0.2) is 53.1 Å². The van der Waals surface area contributed by atoms with Crippen molar-refractivity contribution in [2.45, 2.75) is 13.0 Å². The molecular formula is C18H12Cl2FNO3. The average molecular weight is 380 g/mol. The lowest BCUT2D eigenvalue weighted by atomic mass is 10.1. The standard InChI is InChI=1S/C18H12Cl2FNO3/c19-12-6-4-11(5-7-12)16-9-22-17(25-16)10-24-18(23)8-13-14(20)2-1-3-15(13)21/h1-7,9H,8,10H2. The molecule has 0 aliphatic heterocycles. The monoisotopic (exact) mass is 379 g/mol.